The van der Waals surface area contributed by atoms with Gasteiger partial charge in [-0.25, -0.2) is 4.39 Å². The molecule has 0 aliphatic rings. The van der Waals surface area contributed by atoms with E-state index in [-0.39, 0.29) is 5.82 Å². The van der Waals surface area contributed by atoms with E-state index in [9.17, 15) is 4.39 Å². The smallest absolute Gasteiger partial charge is 0.137 e. The minimum absolute atomic E-state index is 0.275. The summed E-state index contributed by atoms with van der Waals surface area (Å²) in [6.07, 6.45) is 3.45. The molecule has 0 unspecified atom stereocenters. The molecule has 0 bridgehead atoms. The van der Waals surface area contributed by atoms with Crippen molar-refractivity contribution in [2.45, 2.75) is 6.92 Å². The Bertz CT molecular complexity index is 841. The van der Waals surface area contributed by atoms with E-state index in [0.717, 1.165) is 28.2 Å². The number of nitrogens with one attached hydrogen (secondary N) is 1. The van der Waals surface area contributed by atoms with Gasteiger partial charge in [-0.3, -0.25) is 9.67 Å². The summed E-state index contributed by atoms with van der Waals surface area (Å²) >= 11 is 5.18. The zero-order valence-electron chi connectivity index (χ0n) is 12.7. The molecule has 0 aliphatic carbocycles. The maximum absolute atomic E-state index is 13.2. The first-order chi connectivity index (χ1) is 11.1. The number of anilines is 1. The van der Waals surface area contributed by atoms with Gasteiger partial charge in [-0.05, 0) is 48.9 Å². The summed E-state index contributed by atoms with van der Waals surface area (Å²) in [6.45, 7) is 1.82. The SMILES string of the molecule is CC(=S)Nc1c(-c2ccncc2)c(-c2ccc(F)cc2)nn1C. The van der Waals surface area contributed by atoms with Gasteiger partial charge in [-0.15, -0.1) is 0 Å². The minimum Gasteiger partial charge on any atom is -0.335 e. The third-order valence-electron chi connectivity index (χ3n) is 3.43. The van der Waals surface area contributed by atoms with Crippen molar-refractivity contribution in [1.29, 1.82) is 0 Å². The highest BCUT2D eigenvalue weighted by atomic mass is 32.1. The lowest BCUT2D eigenvalue weighted by Gasteiger charge is -2.09. The van der Waals surface area contributed by atoms with Gasteiger partial charge in [0.25, 0.3) is 0 Å². The maximum Gasteiger partial charge on any atom is 0.137 e. The third kappa shape index (κ3) is 3.12. The summed E-state index contributed by atoms with van der Waals surface area (Å²) in [5.41, 5.74) is 3.47. The molecule has 116 valence electrons. The number of rotatable bonds is 3. The van der Waals surface area contributed by atoms with Crippen molar-refractivity contribution >= 4 is 23.0 Å². The van der Waals surface area contributed by atoms with Crippen LogP contribution in [0, 0.1) is 5.82 Å². The van der Waals surface area contributed by atoms with Gasteiger partial charge in [0.2, 0.25) is 0 Å². The van der Waals surface area contributed by atoms with Crippen molar-refractivity contribution in [1.82, 2.24) is 14.8 Å². The second-order valence-corrected chi connectivity index (χ2v) is 5.73. The van der Waals surface area contributed by atoms with Crippen LogP contribution in [0.4, 0.5) is 10.2 Å². The first-order valence-electron chi connectivity index (χ1n) is 7.07. The zero-order valence-corrected chi connectivity index (χ0v) is 13.6. The van der Waals surface area contributed by atoms with E-state index in [1.807, 2.05) is 26.1 Å². The largest absolute Gasteiger partial charge is 0.335 e. The fourth-order valence-electron chi connectivity index (χ4n) is 2.44. The standard InChI is InChI=1S/C17H15FN4S/c1-11(23)20-17-15(12-7-9-19-10-8-12)16(21-22(17)2)13-3-5-14(18)6-4-13/h3-10H,1-2H3,(H,20,23). The Hall–Kier alpha value is -2.60. The molecule has 3 rings (SSSR count). The first-order valence-corrected chi connectivity index (χ1v) is 7.48. The summed E-state index contributed by atoms with van der Waals surface area (Å²) in [5, 5.41) is 7.77. The monoisotopic (exact) mass is 326 g/mol. The molecular weight excluding hydrogens is 311 g/mol. The summed E-state index contributed by atoms with van der Waals surface area (Å²) in [4.78, 5) is 4.71. The molecule has 1 aromatic carbocycles. The van der Waals surface area contributed by atoms with E-state index in [4.69, 9.17) is 12.2 Å². The van der Waals surface area contributed by atoms with Gasteiger partial charge in [-0.2, -0.15) is 5.10 Å². The van der Waals surface area contributed by atoms with Crippen molar-refractivity contribution in [3.8, 4) is 22.4 Å². The molecule has 0 radical (unpaired) electrons. The lowest BCUT2D eigenvalue weighted by molar-refractivity contribution is 0.628. The van der Waals surface area contributed by atoms with Crippen LogP contribution in [0.15, 0.2) is 48.8 Å². The van der Waals surface area contributed by atoms with E-state index < -0.39 is 0 Å². The van der Waals surface area contributed by atoms with Crippen LogP contribution >= 0.6 is 12.2 Å². The summed E-state index contributed by atoms with van der Waals surface area (Å²) < 4.78 is 15.0. The Morgan fingerprint density at radius 2 is 1.74 bits per heavy atom. The van der Waals surface area contributed by atoms with Gasteiger partial charge in [0.1, 0.15) is 17.3 Å². The highest BCUT2D eigenvalue weighted by Crippen LogP contribution is 2.37. The normalized spacial score (nSPS) is 10.6. The van der Waals surface area contributed by atoms with Gasteiger partial charge in [0.15, 0.2) is 0 Å². The summed E-state index contributed by atoms with van der Waals surface area (Å²) in [7, 11) is 1.85. The van der Waals surface area contributed by atoms with Crippen LogP contribution in [0.3, 0.4) is 0 Å². The molecule has 0 aliphatic heterocycles. The third-order valence-corrected chi connectivity index (χ3v) is 3.53. The topological polar surface area (TPSA) is 42.7 Å². The number of aromatic nitrogens is 3. The Morgan fingerprint density at radius 1 is 1.09 bits per heavy atom. The number of aryl methyl sites for hydroxylation is 1. The number of hydrogen-bond donors (Lipinski definition) is 1. The predicted molar refractivity (Wildman–Crippen MR) is 93.7 cm³/mol. The Kier molecular flexibility index (Phi) is 4.16. The van der Waals surface area contributed by atoms with Gasteiger partial charge in [0, 0.05) is 25.0 Å². The fraction of sp³-hybridized carbons (Fsp3) is 0.118. The van der Waals surface area contributed by atoms with Crippen LogP contribution in [-0.4, -0.2) is 19.8 Å². The van der Waals surface area contributed by atoms with Crippen LogP contribution in [0.2, 0.25) is 0 Å². The molecule has 2 heterocycles. The van der Waals surface area contributed by atoms with Gasteiger partial charge in [0.05, 0.1) is 10.6 Å². The fourth-order valence-corrected chi connectivity index (χ4v) is 2.53. The van der Waals surface area contributed by atoms with E-state index in [2.05, 4.69) is 15.4 Å². The second kappa shape index (κ2) is 6.26. The molecule has 0 fully saturated rings. The lowest BCUT2D eigenvalue weighted by atomic mass is 10.0. The van der Waals surface area contributed by atoms with E-state index in [1.165, 1.54) is 12.1 Å². The van der Waals surface area contributed by atoms with Crippen molar-refractivity contribution in [3.63, 3.8) is 0 Å². The van der Waals surface area contributed by atoms with Crippen LogP contribution in [0.1, 0.15) is 6.92 Å². The van der Waals surface area contributed by atoms with Gasteiger partial charge in [-0.1, -0.05) is 12.2 Å². The van der Waals surface area contributed by atoms with Crippen molar-refractivity contribution in [2.75, 3.05) is 5.32 Å². The van der Waals surface area contributed by atoms with Crippen LogP contribution in [-0.2, 0) is 7.05 Å². The number of pyridine rings is 1. The van der Waals surface area contributed by atoms with E-state index in [0.29, 0.717) is 4.99 Å². The number of hydrogen-bond acceptors (Lipinski definition) is 3. The molecule has 0 saturated heterocycles. The number of benzene rings is 1. The van der Waals surface area contributed by atoms with Crippen LogP contribution in [0.25, 0.3) is 22.4 Å². The quantitative estimate of drug-likeness (QED) is 0.738. The summed E-state index contributed by atoms with van der Waals surface area (Å²) in [5.74, 6) is 0.520. The minimum atomic E-state index is -0.275. The van der Waals surface area contributed by atoms with E-state index >= 15 is 0 Å². The molecule has 1 N–H and O–H groups in total. The molecule has 4 nitrogen and oxygen atoms in total. The number of nitrogens with zero attached hydrogens (tertiary/aromatic N) is 3. The zero-order chi connectivity index (χ0) is 16.4. The molecule has 6 heteroatoms. The van der Waals surface area contributed by atoms with Crippen molar-refractivity contribution in [2.24, 2.45) is 7.05 Å². The molecule has 3 aromatic rings. The first kappa shape index (κ1) is 15.3. The average molecular weight is 326 g/mol. The molecule has 23 heavy (non-hydrogen) atoms. The number of halogens is 1. The van der Waals surface area contributed by atoms with Gasteiger partial charge >= 0.3 is 0 Å². The molecular formula is C17H15FN4S. The maximum atomic E-state index is 13.2. The molecule has 2 aromatic heterocycles. The molecule has 0 saturated carbocycles. The van der Waals surface area contributed by atoms with Crippen molar-refractivity contribution in [3.05, 3.63) is 54.6 Å². The molecule has 0 spiro atoms. The summed E-state index contributed by atoms with van der Waals surface area (Å²) in [6, 6.07) is 10.1. The predicted octanol–water partition coefficient (Wildman–Crippen LogP) is 4.05. The molecule has 0 amide bonds. The molecule has 0 atom stereocenters. The Morgan fingerprint density at radius 3 is 2.35 bits per heavy atom. The van der Waals surface area contributed by atoms with Crippen LogP contribution < -0.4 is 5.32 Å². The number of thiocarbonyl (C=S) groups is 1. The highest BCUT2D eigenvalue weighted by molar-refractivity contribution is 7.80. The van der Waals surface area contributed by atoms with E-state index in [1.54, 1.807) is 29.2 Å². The second-order valence-electron chi connectivity index (χ2n) is 5.12. The lowest BCUT2D eigenvalue weighted by Crippen LogP contribution is -2.08. The highest BCUT2D eigenvalue weighted by Gasteiger charge is 2.19. The average Bonchev–Trinajstić information content (AvgIpc) is 2.85. The Labute approximate surface area is 139 Å². The Balaban J connectivity index is 2.23. The van der Waals surface area contributed by atoms with Gasteiger partial charge < -0.3 is 5.32 Å². The van der Waals surface area contributed by atoms with Crippen molar-refractivity contribution < 1.29 is 4.39 Å². The van der Waals surface area contributed by atoms with Crippen LogP contribution in [0.5, 0.6) is 0 Å².